The van der Waals surface area contributed by atoms with Crippen LogP contribution >= 0.6 is 0 Å². The third-order valence-corrected chi connectivity index (χ3v) is 7.07. The standard InChI is InChI=1S/C35H38O6/c1-36-35-34(40-25-30-20-12-5-13-21-30)33(39-24-29-18-10-4-11-19-29)32(38-23-28-16-8-3-9-17-28)31(41-35)26-37-22-27-14-6-2-7-15-27/h2-21,31-35H,22-26H2,1H3/t31-,32+,33+,34-,35+/m0/s1. The molecule has 0 saturated carbocycles. The van der Waals surface area contributed by atoms with Crippen LogP contribution in [-0.4, -0.2) is 44.4 Å². The Bertz CT molecular complexity index is 1260. The van der Waals surface area contributed by atoms with Gasteiger partial charge < -0.3 is 28.4 Å². The van der Waals surface area contributed by atoms with Crippen LogP contribution in [0.15, 0.2) is 121 Å². The topological polar surface area (TPSA) is 55.4 Å². The van der Waals surface area contributed by atoms with Gasteiger partial charge >= 0.3 is 0 Å². The third kappa shape index (κ3) is 8.57. The van der Waals surface area contributed by atoms with Crippen molar-refractivity contribution >= 4 is 0 Å². The highest BCUT2D eigenvalue weighted by Crippen LogP contribution is 2.31. The molecule has 6 nitrogen and oxygen atoms in total. The number of ether oxygens (including phenoxy) is 6. The molecule has 4 aromatic carbocycles. The average Bonchev–Trinajstić information content (AvgIpc) is 3.04. The molecule has 0 N–H and O–H groups in total. The van der Waals surface area contributed by atoms with E-state index >= 15 is 0 Å². The monoisotopic (exact) mass is 554 g/mol. The summed E-state index contributed by atoms with van der Waals surface area (Å²) in [7, 11) is 1.63. The lowest BCUT2D eigenvalue weighted by atomic mass is 9.97. The molecule has 5 rings (SSSR count). The number of rotatable bonds is 14. The number of hydrogen-bond donors (Lipinski definition) is 0. The van der Waals surface area contributed by atoms with Gasteiger partial charge in [0.25, 0.3) is 0 Å². The molecule has 1 heterocycles. The van der Waals surface area contributed by atoms with E-state index in [9.17, 15) is 0 Å². The molecule has 0 spiro atoms. The molecule has 6 heteroatoms. The van der Waals surface area contributed by atoms with Gasteiger partial charge in [0, 0.05) is 7.11 Å². The van der Waals surface area contributed by atoms with Gasteiger partial charge in [-0.3, -0.25) is 0 Å². The molecule has 0 aromatic heterocycles. The van der Waals surface area contributed by atoms with Gasteiger partial charge in [-0.05, 0) is 22.3 Å². The fourth-order valence-corrected chi connectivity index (χ4v) is 4.94. The summed E-state index contributed by atoms with van der Waals surface area (Å²) in [5.41, 5.74) is 4.27. The van der Waals surface area contributed by atoms with Crippen LogP contribution in [0.3, 0.4) is 0 Å². The minimum atomic E-state index is -0.665. The summed E-state index contributed by atoms with van der Waals surface area (Å²) in [5, 5.41) is 0. The van der Waals surface area contributed by atoms with Crippen LogP contribution in [0.5, 0.6) is 0 Å². The zero-order valence-corrected chi connectivity index (χ0v) is 23.4. The maximum atomic E-state index is 6.63. The van der Waals surface area contributed by atoms with Crippen LogP contribution in [0.4, 0.5) is 0 Å². The summed E-state index contributed by atoms with van der Waals surface area (Å²) in [6, 6.07) is 40.4. The van der Waals surface area contributed by atoms with E-state index in [0.29, 0.717) is 33.0 Å². The highest BCUT2D eigenvalue weighted by atomic mass is 16.7. The van der Waals surface area contributed by atoms with Crippen molar-refractivity contribution in [2.24, 2.45) is 0 Å². The predicted molar refractivity (Wildman–Crippen MR) is 157 cm³/mol. The van der Waals surface area contributed by atoms with Gasteiger partial charge in [0.2, 0.25) is 0 Å². The van der Waals surface area contributed by atoms with Gasteiger partial charge in [0.15, 0.2) is 6.29 Å². The summed E-state index contributed by atoms with van der Waals surface area (Å²) >= 11 is 0. The van der Waals surface area contributed by atoms with E-state index in [0.717, 1.165) is 22.3 Å². The van der Waals surface area contributed by atoms with Gasteiger partial charge in [-0.1, -0.05) is 121 Å². The second-order valence-electron chi connectivity index (χ2n) is 10.1. The van der Waals surface area contributed by atoms with Crippen LogP contribution in [0.1, 0.15) is 22.3 Å². The smallest absolute Gasteiger partial charge is 0.186 e. The maximum absolute atomic E-state index is 6.63. The molecule has 4 aromatic rings. The SMILES string of the molecule is CO[C@@H]1O[C@@H](COCc2ccccc2)[C@@H](OCc2ccccc2)[C@@H](OCc2ccccc2)[C@@H]1OCc1ccccc1. The first-order valence-electron chi connectivity index (χ1n) is 14.1. The van der Waals surface area contributed by atoms with Gasteiger partial charge in [0.05, 0.1) is 33.0 Å². The lowest BCUT2D eigenvalue weighted by molar-refractivity contribution is -0.323. The zero-order valence-electron chi connectivity index (χ0n) is 23.4. The number of hydrogen-bond acceptors (Lipinski definition) is 6. The van der Waals surface area contributed by atoms with E-state index in [2.05, 4.69) is 0 Å². The van der Waals surface area contributed by atoms with Crippen molar-refractivity contribution in [2.75, 3.05) is 13.7 Å². The highest BCUT2D eigenvalue weighted by molar-refractivity contribution is 5.16. The molecule has 0 amide bonds. The van der Waals surface area contributed by atoms with Crippen LogP contribution < -0.4 is 0 Å². The van der Waals surface area contributed by atoms with E-state index in [-0.39, 0.29) is 0 Å². The Hall–Kier alpha value is -3.36. The van der Waals surface area contributed by atoms with E-state index in [1.54, 1.807) is 7.11 Å². The van der Waals surface area contributed by atoms with Crippen LogP contribution in [0.25, 0.3) is 0 Å². The Kier molecular flexibility index (Phi) is 11.1. The summed E-state index contributed by atoms with van der Waals surface area (Å²) < 4.78 is 38.2. The molecule has 0 bridgehead atoms. The average molecular weight is 555 g/mol. The minimum Gasteiger partial charge on any atom is -0.374 e. The van der Waals surface area contributed by atoms with E-state index in [4.69, 9.17) is 28.4 Å². The normalized spacial score (nSPS) is 22.4. The molecule has 1 fully saturated rings. The molecule has 1 saturated heterocycles. The van der Waals surface area contributed by atoms with Crippen molar-refractivity contribution in [3.8, 4) is 0 Å². The van der Waals surface area contributed by atoms with Crippen molar-refractivity contribution in [2.45, 2.75) is 57.1 Å². The number of methoxy groups -OCH3 is 1. The molecular weight excluding hydrogens is 516 g/mol. The summed E-state index contributed by atoms with van der Waals surface area (Å²) in [6.45, 7) is 1.97. The molecule has 1 aliphatic rings. The van der Waals surface area contributed by atoms with Gasteiger partial charge in [-0.25, -0.2) is 0 Å². The summed E-state index contributed by atoms with van der Waals surface area (Å²) in [5.74, 6) is 0. The van der Waals surface area contributed by atoms with Crippen LogP contribution in [-0.2, 0) is 54.8 Å². The van der Waals surface area contributed by atoms with Crippen LogP contribution in [0, 0.1) is 0 Å². The molecule has 0 unspecified atom stereocenters. The van der Waals surface area contributed by atoms with E-state index < -0.39 is 30.7 Å². The zero-order chi connectivity index (χ0) is 28.1. The molecule has 1 aliphatic heterocycles. The lowest BCUT2D eigenvalue weighted by Crippen LogP contribution is -2.61. The number of benzene rings is 4. The first kappa shape index (κ1) is 29.1. The largest absolute Gasteiger partial charge is 0.374 e. The lowest BCUT2D eigenvalue weighted by Gasteiger charge is -2.45. The Morgan fingerprint density at radius 1 is 0.488 bits per heavy atom. The second-order valence-corrected chi connectivity index (χ2v) is 10.1. The first-order valence-corrected chi connectivity index (χ1v) is 14.1. The van der Waals surface area contributed by atoms with Crippen molar-refractivity contribution in [1.82, 2.24) is 0 Å². The molecular formula is C35H38O6. The Morgan fingerprint density at radius 3 is 1.32 bits per heavy atom. The summed E-state index contributed by atoms with van der Waals surface area (Å²) in [4.78, 5) is 0. The third-order valence-electron chi connectivity index (χ3n) is 7.07. The quantitative estimate of drug-likeness (QED) is 0.182. The Labute approximate surface area is 242 Å². The van der Waals surface area contributed by atoms with Crippen molar-refractivity contribution < 1.29 is 28.4 Å². The minimum absolute atomic E-state index is 0.310. The molecule has 5 atom stereocenters. The van der Waals surface area contributed by atoms with Gasteiger partial charge in [-0.2, -0.15) is 0 Å². The van der Waals surface area contributed by atoms with Crippen LogP contribution in [0.2, 0.25) is 0 Å². The second kappa shape index (κ2) is 15.6. The summed E-state index contributed by atoms with van der Waals surface area (Å²) in [6.07, 6.45) is -2.59. The van der Waals surface area contributed by atoms with E-state index in [1.165, 1.54) is 0 Å². The van der Waals surface area contributed by atoms with E-state index in [1.807, 2.05) is 121 Å². The molecule has 0 aliphatic carbocycles. The van der Waals surface area contributed by atoms with Crippen molar-refractivity contribution in [3.63, 3.8) is 0 Å². The van der Waals surface area contributed by atoms with Crippen molar-refractivity contribution in [1.29, 1.82) is 0 Å². The molecule has 0 radical (unpaired) electrons. The fraction of sp³-hybridized carbons (Fsp3) is 0.314. The van der Waals surface area contributed by atoms with Gasteiger partial charge in [0.1, 0.15) is 24.4 Å². The van der Waals surface area contributed by atoms with Crippen molar-refractivity contribution in [3.05, 3.63) is 144 Å². The Balaban J connectivity index is 1.38. The molecule has 41 heavy (non-hydrogen) atoms. The molecule has 214 valence electrons. The highest BCUT2D eigenvalue weighted by Gasteiger charge is 2.48. The maximum Gasteiger partial charge on any atom is 0.186 e. The van der Waals surface area contributed by atoms with Gasteiger partial charge in [-0.15, -0.1) is 0 Å². The Morgan fingerprint density at radius 2 is 0.878 bits per heavy atom. The first-order chi connectivity index (χ1) is 20.3. The predicted octanol–water partition coefficient (Wildman–Crippen LogP) is 6.33. The fourth-order valence-electron chi connectivity index (χ4n) is 4.94.